The van der Waals surface area contributed by atoms with Crippen LogP contribution in [0, 0.1) is 0 Å². The monoisotopic (exact) mass is 256 g/mol. The Labute approximate surface area is 112 Å². The Hall–Kier alpha value is -2.36. The molecule has 1 unspecified atom stereocenters. The summed E-state index contributed by atoms with van der Waals surface area (Å²) in [6.45, 7) is 2.89. The molecule has 0 bridgehead atoms. The molecular formula is C15H16N2O2. The molecule has 0 saturated heterocycles. The van der Waals surface area contributed by atoms with E-state index in [0.29, 0.717) is 11.7 Å². The zero-order valence-corrected chi connectivity index (χ0v) is 10.7. The van der Waals surface area contributed by atoms with Crippen LogP contribution in [-0.4, -0.2) is 22.6 Å². The summed E-state index contributed by atoms with van der Waals surface area (Å²) < 4.78 is 0. The lowest BCUT2D eigenvalue weighted by Gasteiger charge is -2.13. The van der Waals surface area contributed by atoms with Gasteiger partial charge in [-0.2, -0.15) is 0 Å². The van der Waals surface area contributed by atoms with Crippen LogP contribution in [0.5, 0.6) is 0 Å². The van der Waals surface area contributed by atoms with Crippen LogP contribution in [0.3, 0.4) is 0 Å². The van der Waals surface area contributed by atoms with Crippen LogP contribution in [0.2, 0.25) is 0 Å². The van der Waals surface area contributed by atoms with Crippen LogP contribution < -0.4 is 5.32 Å². The van der Waals surface area contributed by atoms with Crippen molar-refractivity contribution in [1.82, 2.24) is 4.98 Å². The van der Waals surface area contributed by atoms with Crippen LogP contribution in [0.1, 0.15) is 28.8 Å². The SMILES string of the molecule is CC(CNc1ccc(C(=O)O)cn1)c1ccccc1. The fourth-order valence-electron chi connectivity index (χ4n) is 1.78. The van der Waals surface area contributed by atoms with Gasteiger partial charge in [-0.25, -0.2) is 9.78 Å². The van der Waals surface area contributed by atoms with E-state index in [0.717, 1.165) is 6.54 Å². The molecule has 1 heterocycles. The lowest BCUT2D eigenvalue weighted by molar-refractivity contribution is 0.0696. The Morgan fingerprint density at radius 2 is 2.00 bits per heavy atom. The lowest BCUT2D eigenvalue weighted by atomic mass is 10.0. The maximum absolute atomic E-state index is 10.7. The molecule has 0 aliphatic rings. The van der Waals surface area contributed by atoms with E-state index in [1.807, 2.05) is 18.2 Å². The molecule has 0 aliphatic heterocycles. The van der Waals surface area contributed by atoms with E-state index < -0.39 is 5.97 Å². The van der Waals surface area contributed by atoms with Gasteiger partial charge in [0.25, 0.3) is 0 Å². The largest absolute Gasteiger partial charge is 0.478 e. The fourth-order valence-corrected chi connectivity index (χ4v) is 1.78. The number of aromatic carboxylic acids is 1. The summed E-state index contributed by atoms with van der Waals surface area (Å²) in [6.07, 6.45) is 1.36. The Morgan fingerprint density at radius 1 is 1.26 bits per heavy atom. The summed E-state index contributed by atoms with van der Waals surface area (Å²) >= 11 is 0. The highest BCUT2D eigenvalue weighted by Gasteiger charge is 2.06. The minimum Gasteiger partial charge on any atom is -0.478 e. The molecule has 0 amide bonds. The highest BCUT2D eigenvalue weighted by atomic mass is 16.4. The average molecular weight is 256 g/mol. The summed E-state index contributed by atoms with van der Waals surface area (Å²) in [7, 11) is 0. The van der Waals surface area contributed by atoms with E-state index >= 15 is 0 Å². The normalized spacial score (nSPS) is 11.8. The lowest BCUT2D eigenvalue weighted by Crippen LogP contribution is -2.11. The van der Waals surface area contributed by atoms with Crippen molar-refractivity contribution in [3.63, 3.8) is 0 Å². The molecule has 0 spiro atoms. The predicted octanol–water partition coefficient (Wildman–Crippen LogP) is 3.00. The van der Waals surface area contributed by atoms with Crippen molar-refractivity contribution >= 4 is 11.8 Å². The standard InChI is InChI=1S/C15H16N2O2/c1-11(12-5-3-2-4-6-12)9-16-14-8-7-13(10-17-14)15(18)19/h2-8,10-11H,9H2,1H3,(H,16,17)(H,18,19). The van der Waals surface area contributed by atoms with Gasteiger partial charge in [-0.1, -0.05) is 37.3 Å². The van der Waals surface area contributed by atoms with Crippen molar-refractivity contribution in [2.75, 3.05) is 11.9 Å². The summed E-state index contributed by atoms with van der Waals surface area (Å²) in [4.78, 5) is 14.8. The zero-order chi connectivity index (χ0) is 13.7. The van der Waals surface area contributed by atoms with Crippen LogP contribution in [-0.2, 0) is 0 Å². The minimum absolute atomic E-state index is 0.196. The maximum Gasteiger partial charge on any atom is 0.337 e. The van der Waals surface area contributed by atoms with Crippen molar-refractivity contribution < 1.29 is 9.90 Å². The number of carboxylic acids is 1. The Balaban J connectivity index is 1.93. The molecule has 4 nitrogen and oxygen atoms in total. The number of pyridine rings is 1. The molecule has 19 heavy (non-hydrogen) atoms. The molecule has 98 valence electrons. The summed E-state index contributed by atoms with van der Waals surface area (Å²) in [5, 5.41) is 12.0. The summed E-state index contributed by atoms with van der Waals surface area (Å²) in [6, 6.07) is 13.4. The van der Waals surface area contributed by atoms with Gasteiger partial charge in [-0.05, 0) is 23.6 Å². The van der Waals surface area contributed by atoms with E-state index in [1.165, 1.54) is 11.8 Å². The molecule has 2 aromatic rings. The third kappa shape index (κ3) is 3.55. The quantitative estimate of drug-likeness (QED) is 0.863. The molecule has 1 aromatic heterocycles. The number of hydrogen-bond donors (Lipinski definition) is 2. The highest BCUT2D eigenvalue weighted by molar-refractivity contribution is 5.87. The number of benzene rings is 1. The van der Waals surface area contributed by atoms with Gasteiger partial charge < -0.3 is 10.4 Å². The zero-order valence-electron chi connectivity index (χ0n) is 10.7. The van der Waals surface area contributed by atoms with Gasteiger partial charge in [0.1, 0.15) is 5.82 Å². The second kappa shape index (κ2) is 6.00. The first-order valence-corrected chi connectivity index (χ1v) is 6.15. The topological polar surface area (TPSA) is 62.2 Å². The number of hydrogen-bond acceptors (Lipinski definition) is 3. The molecule has 0 fully saturated rings. The summed E-state index contributed by atoms with van der Waals surface area (Å²) in [5.41, 5.74) is 1.46. The van der Waals surface area contributed by atoms with E-state index in [-0.39, 0.29) is 5.56 Å². The molecule has 1 aromatic carbocycles. The average Bonchev–Trinajstić information content (AvgIpc) is 2.46. The molecule has 4 heteroatoms. The summed E-state index contributed by atoms with van der Waals surface area (Å²) in [5.74, 6) is 0.0895. The van der Waals surface area contributed by atoms with Gasteiger partial charge in [0.15, 0.2) is 0 Å². The highest BCUT2D eigenvalue weighted by Crippen LogP contribution is 2.15. The van der Waals surface area contributed by atoms with E-state index in [2.05, 4.69) is 29.4 Å². The minimum atomic E-state index is -0.961. The van der Waals surface area contributed by atoms with Gasteiger partial charge in [0.2, 0.25) is 0 Å². The number of nitrogens with zero attached hydrogens (tertiary/aromatic N) is 1. The number of nitrogens with one attached hydrogen (secondary N) is 1. The maximum atomic E-state index is 10.7. The van der Waals surface area contributed by atoms with Gasteiger partial charge in [-0.3, -0.25) is 0 Å². The number of anilines is 1. The number of rotatable bonds is 5. The van der Waals surface area contributed by atoms with E-state index in [1.54, 1.807) is 12.1 Å². The van der Waals surface area contributed by atoms with E-state index in [4.69, 9.17) is 5.11 Å². The smallest absolute Gasteiger partial charge is 0.337 e. The first kappa shape index (κ1) is 13.1. The third-order valence-corrected chi connectivity index (χ3v) is 2.97. The van der Waals surface area contributed by atoms with E-state index in [9.17, 15) is 4.79 Å². The second-order valence-electron chi connectivity index (χ2n) is 4.43. The van der Waals surface area contributed by atoms with Crippen molar-refractivity contribution in [2.45, 2.75) is 12.8 Å². The van der Waals surface area contributed by atoms with Crippen LogP contribution in [0.15, 0.2) is 48.7 Å². The third-order valence-electron chi connectivity index (χ3n) is 2.97. The fraction of sp³-hybridized carbons (Fsp3) is 0.200. The number of aromatic nitrogens is 1. The predicted molar refractivity (Wildman–Crippen MR) is 74.5 cm³/mol. The Morgan fingerprint density at radius 3 is 2.58 bits per heavy atom. The first-order valence-electron chi connectivity index (χ1n) is 6.15. The van der Waals surface area contributed by atoms with Gasteiger partial charge in [0.05, 0.1) is 5.56 Å². The molecule has 2 rings (SSSR count). The van der Waals surface area contributed by atoms with Crippen LogP contribution in [0.25, 0.3) is 0 Å². The molecule has 2 N–H and O–H groups in total. The Kier molecular flexibility index (Phi) is 4.13. The number of carbonyl (C=O) groups is 1. The van der Waals surface area contributed by atoms with Crippen LogP contribution >= 0.6 is 0 Å². The molecular weight excluding hydrogens is 240 g/mol. The molecule has 0 radical (unpaired) electrons. The van der Waals surface area contributed by atoms with Crippen molar-refractivity contribution in [3.8, 4) is 0 Å². The van der Waals surface area contributed by atoms with Gasteiger partial charge >= 0.3 is 5.97 Å². The van der Waals surface area contributed by atoms with Crippen molar-refractivity contribution in [1.29, 1.82) is 0 Å². The van der Waals surface area contributed by atoms with Crippen molar-refractivity contribution in [2.24, 2.45) is 0 Å². The first-order chi connectivity index (χ1) is 9.16. The van der Waals surface area contributed by atoms with Crippen molar-refractivity contribution in [3.05, 3.63) is 59.8 Å². The second-order valence-corrected chi connectivity index (χ2v) is 4.43. The van der Waals surface area contributed by atoms with Crippen LogP contribution in [0.4, 0.5) is 5.82 Å². The van der Waals surface area contributed by atoms with Gasteiger partial charge in [-0.15, -0.1) is 0 Å². The Bertz CT molecular complexity index is 538. The molecule has 0 saturated carbocycles. The van der Waals surface area contributed by atoms with Gasteiger partial charge in [0, 0.05) is 12.7 Å². The molecule has 1 atom stereocenters. The molecule has 0 aliphatic carbocycles. The number of carboxylic acid groups (broad SMARTS) is 1.